The van der Waals surface area contributed by atoms with Crippen molar-refractivity contribution in [3.63, 3.8) is 0 Å². The number of amides is 1. The molecule has 1 fully saturated rings. The van der Waals surface area contributed by atoms with Crippen LogP contribution in [0.3, 0.4) is 0 Å². The summed E-state index contributed by atoms with van der Waals surface area (Å²) in [5.41, 5.74) is 0. The van der Waals surface area contributed by atoms with Crippen molar-refractivity contribution >= 4 is 35.5 Å². The van der Waals surface area contributed by atoms with Gasteiger partial charge in [-0.1, -0.05) is 0 Å². The number of carbonyl (C=O) groups is 1. The summed E-state index contributed by atoms with van der Waals surface area (Å²) in [6.45, 7) is 0.735. The van der Waals surface area contributed by atoms with E-state index in [-0.39, 0.29) is 35.5 Å². The van der Waals surface area contributed by atoms with Gasteiger partial charge in [0, 0.05) is 42.5 Å². The van der Waals surface area contributed by atoms with Crippen molar-refractivity contribution in [1.29, 1.82) is 0 Å². The number of hydrazine groups is 1. The predicted octanol–water partition coefficient (Wildman–Crippen LogP) is -0.508. The van der Waals surface area contributed by atoms with Crippen LogP contribution >= 0.6 is 0 Å². The van der Waals surface area contributed by atoms with Gasteiger partial charge in [-0.25, -0.2) is 5.84 Å². The van der Waals surface area contributed by atoms with Gasteiger partial charge in [0.2, 0.25) is 5.91 Å². The Balaban J connectivity index is 0.000000640. The van der Waals surface area contributed by atoms with Crippen LogP contribution in [0.25, 0.3) is 0 Å². The van der Waals surface area contributed by atoms with E-state index in [1.54, 1.807) is 0 Å². The second-order valence-corrected chi connectivity index (χ2v) is 2.04. The molecule has 0 aromatic rings. The quantitative estimate of drug-likeness (QED) is 0.278. The van der Waals surface area contributed by atoms with Gasteiger partial charge in [0.05, 0.1) is 0 Å². The minimum absolute atomic E-state index is 0. The van der Waals surface area contributed by atoms with Crippen LogP contribution in [-0.4, -0.2) is 47.0 Å². The zero-order chi connectivity index (χ0) is 5.98. The monoisotopic (exact) mass is 137 g/mol. The van der Waals surface area contributed by atoms with Crippen LogP contribution in [-0.2, 0) is 4.79 Å². The predicted molar refractivity (Wildman–Crippen MR) is 35.5 cm³/mol. The van der Waals surface area contributed by atoms with Crippen LogP contribution < -0.4 is 5.84 Å². The van der Waals surface area contributed by atoms with Gasteiger partial charge in [-0.15, -0.1) is 0 Å². The zero-order valence-electron chi connectivity index (χ0n) is 5.76. The fourth-order valence-corrected chi connectivity index (χ4v) is 0.827. The van der Waals surface area contributed by atoms with Crippen LogP contribution in [0.15, 0.2) is 0 Å². The van der Waals surface area contributed by atoms with Crippen LogP contribution in [0.4, 0.5) is 0 Å². The maximum absolute atomic E-state index is 10.6. The molecule has 2 N–H and O–H groups in total. The molecule has 1 radical (unpaired) electrons. The van der Waals surface area contributed by atoms with Crippen LogP contribution in [0.5, 0.6) is 0 Å². The normalized spacial score (nSPS) is 19.2. The summed E-state index contributed by atoms with van der Waals surface area (Å²) in [6, 6.07) is 0. The molecule has 0 saturated carbocycles. The van der Waals surface area contributed by atoms with Crippen molar-refractivity contribution in [2.24, 2.45) is 5.84 Å². The average molecular weight is 137 g/mol. The van der Waals surface area contributed by atoms with Crippen molar-refractivity contribution < 1.29 is 4.79 Å². The van der Waals surface area contributed by atoms with E-state index in [0.29, 0.717) is 6.42 Å². The number of hydrogen-bond acceptors (Lipinski definition) is 2. The Kier molecular flexibility index (Phi) is 4.48. The number of rotatable bonds is 0. The van der Waals surface area contributed by atoms with E-state index in [1.165, 1.54) is 5.01 Å². The summed E-state index contributed by atoms with van der Waals surface area (Å²) >= 11 is 0. The maximum Gasteiger partial charge on any atom is 0.236 e. The minimum Gasteiger partial charge on any atom is -0.281 e. The molecule has 1 rings (SSSR count). The summed E-state index contributed by atoms with van der Waals surface area (Å²) in [5, 5.41) is 1.30. The van der Waals surface area contributed by atoms with Crippen molar-refractivity contribution in [1.82, 2.24) is 5.01 Å². The Morgan fingerprint density at radius 1 is 1.44 bits per heavy atom. The molecule has 0 bridgehead atoms. The van der Waals surface area contributed by atoms with Gasteiger partial charge in [-0.05, 0) is 12.8 Å². The summed E-state index contributed by atoms with van der Waals surface area (Å²) in [4.78, 5) is 10.6. The van der Waals surface area contributed by atoms with Crippen molar-refractivity contribution in [2.45, 2.75) is 19.3 Å². The molecule has 0 aromatic heterocycles. The fourth-order valence-electron chi connectivity index (χ4n) is 0.827. The second kappa shape index (κ2) is 4.28. The minimum atomic E-state index is 0. The summed E-state index contributed by atoms with van der Waals surface area (Å²) in [6.07, 6.45) is 2.70. The molecular weight excluding hydrogens is 127 g/mol. The third-order valence-corrected chi connectivity index (χ3v) is 1.36. The fraction of sp³-hybridized carbons (Fsp3) is 0.800. The van der Waals surface area contributed by atoms with Crippen molar-refractivity contribution in [3.8, 4) is 0 Å². The third-order valence-electron chi connectivity index (χ3n) is 1.36. The molecular formula is C5H10N2NaO. The molecule has 0 aromatic carbocycles. The van der Waals surface area contributed by atoms with E-state index < -0.39 is 0 Å². The molecule has 47 valence electrons. The van der Waals surface area contributed by atoms with Gasteiger partial charge in [0.1, 0.15) is 0 Å². The number of nitrogens with zero attached hydrogens (tertiary/aromatic N) is 1. The van der Waals surface area contributed by atoms with Gasteiger partial charge in [-0.2, -0.15) is 0 Å². The Bertz CT molecular complexity index is 107. The molecule has 9 heavy (non-hydrogen) atoms. The van der Waals surface area contributed by atoms with E-state index in [9.17, 15) is 4.79 Å². The van der Waals surface area contributed by atoms with E-state index in [4.69, 9.17) is 5.84 Å². The van der Waals surface area contributed by atoms with Gasteiger partial charge < -0.3 is 0 Å². The Labute approximate surface area is 76.8 Å². The van der Waals surface area contributed by atoms with E-state index in [2.05, 4.69) is 0 Å². The Morgan fingerprint density at radius 2 is 2.11 bits per heavy atom. The number of carbonyl (C=O) groups excluding carboxylic acids is 1. The molecule has 4 heteroatoms. The Morgan fingerprint density at radius 3 is 2.44 bits per heavy atom. The molecule has 1 amide bonds. The first-order chi connectivity index (χ1) is 3.80. The summed E-state index contributed by atoms with van der Waals surface area (Å²) in [7, 11) is 0. The molecule has 0 aliphatic carbocycles. The molecule has 0 unspecified atom stereocenters. The molecule has 0 spiro atoms. The number of piperidine rings is 1. The first kappa shape index (κ1) is 9.43. The average Bonchev–Trinajstić information content (AvgIpc) is 1.77. The molecule has 1 heterocycles. The summed E-state index contributed by atoms with van der Waals surface area (Å²) in [5.74, 6) is 5.34. The first-order valence-electron chi connectivity index (χ1n) is 2.86. The molecule has 0 atom stereocenters. The SMILES string of the molecule is NN1CCCCC1=O.[Na]. The number of hydrogen-bond donors (Lipinski definition) is 1. The first-order valence-corrected chi connectivity index (χ1v) is 2.86. The third kappa shape index (κ3) is 2.67. The van der Waals surface area contributed by atoms with Gasteiger partial charge in [0.25, 0.3) is 0 Å². The van der Waals surface area contributed by atoms with E-state index in [1.807, 2.05) is 0 Å². The van der Waals surface area contributed by atoms with Gasteiger partial charge >= 0.3 is 0 Å². The van der Waals surface area contributed by atoms with Crippen LogP contribution in [0, 0.1) is 0 Å². The van der Waals surface area contributed by atoms with Gasteiger partial charge in [-0.3, -0.25) is 9.80 Å². The van der Waals surface area contributed by atoms with Crippen molar-refractivity contribution in [2.75, 3.05) is 6.54 Å². The van der Waals surface area contributed by atoms with Crippen LogP contribution in [0.2, 0.25) is 0 Å². The largest absolute Gasteiger partial charge is 0.281 e. The zero-order valence-corrected chi connectivity index (χ0v) is 7.76. The summed E-state index contributed by atoms with van der Waals surface area (Å²) < 4.78 is 0. The maximum atomic E-state index is 10.6. The smallest absolute Gasteiger partial charge is 0.236 e. The van der Waals surface area contributed by atoms with Gasteiger partial charge in [0.15, 0.2) is 0 Å². The molecule has 3 nitrogen and oxygen atoms in total. The van der Waals surface area contributed by atoms with E-state index in [0.717, 1.165) is 19.4 Å². The molecule has 1 saturated heterocycles. The molecule has 1 aliphatic rings. The topological polar surface area (TPSA) is 46.3 Å². The van der Waals surface area contributed by atoms with Crippen LogP contribution in [0.1, 0.15) is 19.3 Å². The second-order valence-electron chi connectivity index (χ2n) is 2.04. The molecule has 1 aliphatic heterocycles. The van der Waals surface area contributed by atoms with E-state index >= 15 is 0 Å². The Hall–Kier alpha value is 0.430. The number of nitrogens with two attached hydrogens (primary N) is 1. The van der Waals surface area contributed by atoms with Crippen molar-refractivity contribution in [3.05, 3.63) is 0 Å². The standard InChI is InChI=1S/C5H10N2O.Na/c6-7-4-2-1-3-5(7)8;/h1-4,6H2;.